The quantitative estimate of drug-likeness (QED) is 0.868. The third kappa shape index (κ3) is 3.86. The summed E-state index contributed by atoms with van der Waals surface area (Å²) in [5.41, 5.74) is 0.805. The number of anilines is 1. The molecule has 1 aliphatic rings. The molecule has 0 aliphatic carbocycles. The lowest BCUT2D eigenvalue weighted by Gasteiger charge is -2.34. The molecule has 7 heteroatoms. The second-order valence-corrected chi connectivity index (χ2v) is 4.57. The average molecular weight is 287 g/mol. The zero-order valence-corrected chi connectivity index (χ0v) is 10.8. The van der Waals surface area contributed by atoms with E-state index in [-0.39, 0.29) is 5.82 Å². The van der Waals surface area contributed by atoms with Gasteiger partial charge in [0.15, 0.2) is 0 Å². The maximum absolute atomic E-state index is 12.9. The van der Waals surface area contributed by atoms with Crippen molar-refractivity contribution in [3.63, 3.8) is 0 Å². The SMILES string of the molecule is O=C(NCC(F)F)[C@H]1CN(c2ccc(F)cc2)CCN1. The number of carbonyl (C=O) groups is 1. The van der Waals surface area contributed by atoms with E-state index in [1.54, 1.807) is 12.1 Å². The van der Waals surface area contributed by atoms with E-state index in [0.29, 0.717) is 19.6 Å². The van der Waals surface area contributed by atoms with Crippen LogP contribution >= 0.6 is 0 Å². The van der Waals surface area contributed by atoms with Gasteiger partial charge in [-0.25, -0.2) is 13.2 Å². The predicted molar refractivity (Wildman–Crippen MR) is 69.4 cm³/mol. The van der Waals surface area contributed by atoms with Crippen LogP contribution in [0.1, 0.15) is 0 Å². The normalized spacial score (nSPS) is 19.2. The Bertz CT molecular complexity index is 453. The molecule has 1 heterocycles. The number of hydrogen-bond acceptors (Lipinski definition) is 3. The Hall–Kier alpha value is -1.76. The van der Waals surface area contributed by atoms with Crippen LogP contribution in [0.4, 0.5) is 18.9 Å². The number of nitrogens with one attached hydrogen (secondary N) is 2. The molecule has 0 aromatic heterocycles. The lowest BCUT2D eigenvalue weighted by molar-refractivity contribution is -0.123. The Labute approximate surface area is 114 Å². The van der Waals surface area contributed by atoms with E-state index < -0.39 is 24.9 Å². The van der Waals surface area contributed by atoms with Gasteiger partial charge in [0.25, 0.3) is 6.43 Å². The molecule has 1 aliphatic heterocycles. The van der Waals surface area contributed by atoms with Gasteiger partial charge >= 0.3 is 0 Å². The van der Waals surface area contributed by atoms with Gasteiger partial charge < -0.3 is 15.5 Å². The van der Waals surface area contributed by atoms with Gasteiger partial charge in [0, 0.05) is 25.3 Å². The second kappa shape index (κ2) is 6.60. The van der Waals surface area contributed by atoms with Crippen molar-refractivity contribution < 1.29 is 18.0 Å². The highest BCUT2D eigenvalue weighted by molar-refractivity contribution is 5.82. The van der Waals surface area contributed by atoms with Crippen LogP contribution in [0.3, 0.4) is 0 Å². The molecule has 1 aromatic rings. The van der Waals surface area contributed by atoms with E-state index in [1.165, 1.54) is 12.1 Å². The molecule has 0 spiro atoms. The zero-order valence-electron chi connectivity index (χ0n) is 10.8. The first-order valence-corrected chi connectivity index (χ1v) is 6.36. The van der Waals surface area contributed by atoms with Crippen molar-refractivity contribution >= 4 is 11.6 Å². The number of rotatable bonds is 4. The third-order valence-electron chi connectivity index (χ3n) is 3.11. The second-order valence-electron chi connectivity index (χ2n) is 4.57. The van der Waals surface area contributed by atoms with Crippen molar-refractivity contribution in [3.8, 4) is 0 Å². The number of benzene rings is 1. The predicted octanol–water partition coefficient (Wildman–Crippen LogP) is 0.985. The summed E-state index contributed by atoms with van der Waals surface area (Å²) in [6.07, 6.45) is -2.56. The van der Waals surface area contributed by atoms with Gasteiger partial charge in [0.05, 0.1) is 6.54 Å². The van der Waals surface area contributed by atoms with Crippen molar-refractivity contribution in [3.05, 3.63) is 30.1 Å². The van der Waals surface area contributed by atoms with Crippen LogP contribution in [0.15, 0.2) is 24.3 Å². The maximum atomic E-state index is 12.9. The number of hydrogen-bond donors (Lipinski definition) is 2. The van der Waals surface area contributed by atoms with Gasteiger partial charge in [-0.15, -0.1) is 0 Å². The minimum Gasteiger partial charge on any atom is -0.368 e. The van der Waals surface area contributed by atoms with E-state index >= 15 is 0 Å². The molecule has 2 N–H and O–H groups in total. The molecule has 1 saturated heterocycles. The van der Waals surface area contributed by atoms with Crippen LogP contribution in [0.25, 0.3) is 0 Å². The summed E-state index contributed by atoms with van der Waals surface area (Å²) in [6.45, 7) is 0.947. The standard InChI is InChI=1S/C13H16F3N3O/c14-9-1-3-10(4-2-9)19-6-5-17-11(8-19)13(20)18-7-12(15)16/h1-4,11-12,17H,5-8H2,(H,18,20)/t11-/m1/s1. The number of halogens is 3. The molecule has 20 heavy (non-hydrogen) atoms. The molecule has 1 fully saturated rings. The molecule has 1 atom stereocenters. The summed E-state index contributed by atoms with van der Waals surface area (Å²) in [5, 5.41) is 5.18. The summed E-state index contributed by atoms with van der Waals surface area (Å²) in [6, 6.07) is 5.42. The summed E-state index contributed by atoms with van der Waals surface area (Å²) >= 11 is 0. The average Bonchev–Trinajstić information content (AvgIpc) is 2.45. The number of carbonyl (C=O) groups excluding carboxylic acids is 1. The highest BCUT2D eigenvalue weighted by Gasteiger charge is 2.25. The summed E-state index contributed by atoms with van der Waals surface area (Å²) in [5.74, 6) is -0.771. The van der Waals surface area contributed by atoms with Crippen LogP contribution in [-0.2, 0) is 4.79 Å². The topological polar surface area (TPSA) is 44.4 Å². The van der Waals surface area contributed by atoms with Gasteiger partial charge in [-0.2, -0.15) is 0 Å². The number of alkyl halides is 2. The van der Waals surface area contributed by atoms with E-state index in [9.17, 15) is 18.0 Å². The molecule has 1 aromatic carbocycles. The van der Waals surface area contributed by atoms with Crippen molar-refractivity contribution in [2.75, 3.05) is 31.1 Å². The van der Waals surface area contributed by atoms with E-state index in [2.05, 4.69) is 10.6 Å². The monoisotopic (exact) mass is 287 g/mol. The van der Waals surface area contributed by atoms with Gasteiger partial charge in [0.2, 0.25) is 5.91 Å². The third-order valence-corrected chi connectivity index (χ3v) is 3.11. The van der Waals surface area contributed by atoms with E-state index in [0.717, 1.165) is 5.69 Å². The van der Waals surface area contributed by atoms with Crippen molar-refractivity contribution in [2.24, 2.45) is 0 Å². The molecule has 1 amide bonds. The summed E-state index contributed by atoms with van der Waals surface area (Å²) < 4.78 is 37.0. The zero-order chi connectivity index (χ0) is 14.5. The van der Waals surface area contributed by atoms with Gasteiger partial charge in [-0.1, -0.05) is 0 Å². The minimum absolute atomic E-state index is 0.324. The molecule has 0 saturated carbocycles. The highest BCUT2D eigenvalue weighted by Crippen LogP contribution is 2.16. The van der Waals surface area contributed by atoms with Crippen LogP contribution < -0.4 is 15.5 Å². The summed E-state index contributed by atoms with van der Waals surface area (Å²) in [7, 11) is 0. The Morgan fingerprint density at radius 2 is 2.10 bits per heavy atom. The molecule has 2 rings (SSSR count). The Balaban J connectivity index is 1.94. The first-order valence-electron chi connectivity index (χ1n) is 6.36. The van der Waals surface area contributed by atoms with Gasteiger partial charge in [-0.05, 0) is 24.3 Å². The first-order chi connectivity index (χ1) is 9.56. The van der Waals surface area contributed by atoms with Gasteiger partial charge in [-0.3, -0.25) is 4.79 Å². The van der Waals surface area contributed by atoms with Crippen molar-refractivity contribution in [1.29, 1.82) is 0 Å². The number of piperazine rings is 1. The number of nitrogens with zero attached hydrogens (tertiary/aromatic N) is 1. The Kier molecular flexibility index (Phi) is 4.84. The van der Waals surface area contributed by atoms with Crippen LogP contribution in [0.2, 0.25) is 0 Å². The minimum atomic E-state index is -2.56. The maximum Gasteiger partial charge on any atom is 0.255 e. The number of amides is 1. The molecule has 0 radical (unpaired) electrons. The van der Waals surface area contributed by atoms with E-state index in [1.807, 2.05) is 4.90 Å². The molecular weight excluding hydrogens is 271 g/mol. The fourth-order valence-electron chi connectivity index (χ4n) is 2.11. The van der Waals surface area contributed by atoms with Gasteiger partial charge in [0.1, 0.15) is 11.9 Å². The van der Waals surface area contributed by atoms with Crippen LogP contribution in [0.5, 0.6) is 0 Å². The lowest BCUT2D eigenvalue weighted by atomic mass is 10.1. The Morgan fingerprint density at radius 1 is 1.40 bits per heavy atom. The Morgan fingerprint density at radius 3 is 2.75 bits per heavy atom. The van der Waals surface area contributed by atoms with Crippen molar-refractivity contribution in [2.45, 2.75) is 12.5 Å². The molecular formula is C13H16F3N3O. The molecule has 4 nitrogen and oxygen atoms in total. The molecule has 110 valence electrons. The summed E-state index contributed by atoms with van der Waals surface area (Å²) in [4.78, 5) is 13.7. The molecule has 0 bridgehead atoms. The van der Waals surface area contributed by atoms with E-state index in [4.69, 9.17) is 0 Å². The smallest absolute Gasteiger partial charge is 0.255 e. The fraction of sp³-hybridized carbons (Fsp3) is 0.462. The van der Waals surface area contributed by atoms with Crippen molar-refractivity contribution in [1.82, 2.24) is 10.6 Å². The highest BCUT2D eigenvalue weighted by atomic mass is 19.3. The first kappa shape index (κ1) is 14.6. The lowest BCUT2D eigenvalue weighted by Crippen LogP contribution is -2.57. The molecule has 0 unspecified atom stereocenters. The largest absolute Gasteiger partial charge is 0.368 e. The van der Waals surface area contributed by atoms with Crippen LogP contribution in [-0.4, -0.2) is 44.6 Å². The fourth-order valence-corrected chi connectivity index (χ4v) is 2.11. The van der Waals surface area contributed by atoms with Crippen LogP contribution in [0, 0.1) is 5.82 Å².